The Kier molecular flexibility index (Phi) is 3.48. The van der Waals surface area contributed by atoms with E-state index in [1.54, 1.807) is 0 Å². The molecule has 0 atom stereocenters. The molecule has 13 heavy (non-hydrogen) atoms. The van der Waals surface area contributed by atoms with Gasteiger partial charge in [0.15, 0.2) is 11.6 Å². The summed E-state index contributed by atoms with van der Waals surface area (Å²) < 4.78 is 13.5. The van der Waals surface area contributed by atoms with E-state index in [4.69, 9.17) is 11.6 Å². The fraction of sp³-hybridized carbons (Fsp3) is 0.444. The van der Waals surface area contributed by atoms with Crippen LogP contribution in [-0.2, 0) is 6.42 Å². The molecule has 0 saturated carbocycles. The third-order valence-electron chi connectivity index (χ3n) is 1.77. The van der Waals surface area contributed by atoms with Crippen LogP contribution in [0.25, 0.3) is 0 Å². The van der Waals surface area contributed by atoms with Gasteiger partial charge in [0, 0.05) is 18.3 Å². The summed E-state index contributed by atoms with van der Waals surface area (Å²) in [5.74, 6) is -0.0550. The molecule has 0 bridgehead atoms. The van der Waals surface area contributed by atoms with E-state index in [1.165, 1.54) is 6.20 Å². The second-order valence-electron chi connectivity index (χ2n) is 2.63. The van der Waals surface area contributed by atoms with Crippen molar-refractivity contribution in [3.8, 4) is 0 Å². The molecule has 0 aliphatic heterocycles. The van der Waals surface area contributed by atoms with Crippen molar-refractivity contribution in [1.29, 1.82) is 0 Å². The Labute approximate surface area is 82.1 Å². The molecule has 2 nitrogen and oxygen atoms in total. The van der Waals surface area contributed by atoms with Gasteiger partial charge in [0.25, 0.3) is 0 Å². The number of aromatic nitrogens is 1. The van der Waals surface area contributed by atoms with Gasteiger partial charge in [-0.1, -0.05) is 18.5 Å². The van der Waals surface area contributed by atoms with Gasteiger partial charge in [-0.2, -0.15) is 0 Å². The minimum atomic E-state index is -0.336. The van der Waals surface area contributed by atoms with Crippen LogP contribution in [0.15, 0.2) is 6.20 Å². The van der Waals surface area contributed by atoms with Crippen LogP contribution in [0.4, 0.5) is 10.2 Å². The first-order valence-electron chi connectivity index (χ1n) is 4.27. The molecule has 1 aromatic rings. The lowest BCUT2D eigenvalue weighted by molar-refractivity contribution is 0.609. The Morgan fingerprint density at radius 2 is 2.23 bits per heavy atom. The van der Waals surface area contributed by atoms with Gasteiger partial charge in [-0.25, -0.2) is 9.37 Å². The van der Waals surface area contributed by atoms with Gasteiger partial charge >= 0.3 is 0 Å². The van der Waals surface area contributed by atoms with Crippen molar-refractivity contribution in [2.45, 2.75) is 20.3 Å². The predicted molar refractivity (Wildman–Crippen MR) is 52.7 cm³/mol. The Morgan fingerprint density at radius 3 is 2.77 bits per heavy atom. The summed E-state index contributed by atoms with van der Waals surface area (Å²) in [6.45, 7) is 4.40. The summed E-state index contributed by atoms with van der Waals surface area (Å²) in [4.78, 5) is 3.86. The Balaban J connectivity index is 3.11. The number of rotatable bonds is 3. The van der Waals surface area contributed by atoms with E-state index in [0.717, 1.165) is 0 Å². The van der Waals surface area contributed by atoms with Crippen molar-refractivity contribution >= 4 is 17.4 Å². The van der Waals surface area contributed by atoms with E-state index in [2.05, 4.69) is 10.3 Å². The Morgan fingerprint density at radius 1 is 1.54 bits per heavy atom. The van der Waals surface area contributed by atoms with Gasteiger partial charge in [0.05, 0.1) is 5.02 Å². The van der Waals surface area contributed by atoms with Crippen LogP contribution in [0, 0.1) is 5.82 Å². The molecule has 1 N–H and O–H groups in total. The molecule has 1 heterocycles. The third kappa shape index (κ3) is 2.10. The predicted octanol–water partition coefficient (Wildman–Crippen LogP) is 2.87. The highest BCUT2D eigenvalue weighted by molar-refractivity contribution is 6.31. The van der Waals surface area contributed by atoms with Crippen LogP contribution in [0.5, 0.6) is 0 Å². The number of hydrogen-bond donors (Lipinski definition) is 1. The molecule has 0 spiro atoms. The molecule has 0 unspecified atom stereocenters. The Hall–Kier alpha value is -0.830. The summed E-state index contributed by atoms with van der Waals surface area (Å²) in [5.41, 5.74) is 0.521. The molecular formula is C9H12ClFN2. The van der Waals surface area contributed by atoms with Crippen molar-refractivity contribution in [2.75, 3.05) is 11.9 Å². The second kappa shape index (κ2) is 4.42. The lowest BCUT2D eigenvalue weighted by Gasteiger charge is -2.08. The van der Waals surface area contributed by atoms with Crippen molar-refractivity contribution in [2.24, 2.45) is 0 Å². The highest BCUT2D eigenvalue weighted by Crippen LogP contribution is 2.23. The lowest BCUT2D eigenvalue weighted by atomic mass is 10.2. The quantitative estimate of drug-likeness (QED) is 0.816. The van der Waals surface area contributed by atoms with Crippen molar-refractivity contribution in [1.82, 2.24) is 4.98 Å². The zero-order valence-electron chi connectivity index (χ0n) is 7.69. The van der Waals surface area contributed by atoms with E-state index in [-0.39, 0.29) is 11.6 Å². The number of anilines is 1. The minimum absolute atomic E-state index is 0.281. The second-order valence-corrected chi connectivity index (χ2v) is 3.04. The van der Waals surface area contributed by atoms with E-state index in [1.807, 2.05) is 13.8 Å². The standard InChI is InChI=1S/C9H12ClFN2/c1-3-6-7(10)5-13-9(8(6)11)12-4-2/h5H,3-4H2,1-2H3,(H,12,13). The molecule has 0 aromatic carbocycles. The van der Waals surface area contributed by atoms with Crippen LogP contribution in [0.3, 0.4) is 0 Å². The van der Waals surface area contributed by atoms with Crippen LogP contribution in [0.1, 0.15) is 19.4 Å². The monoisotopic (exact) mass is 202 g/mol. The molecule has 0 aliphatic carbocycles. The average molecular weight is 203 g/mol. The van der Waals surface area contributed by atoms with Crippen molar-refractivity contribution < 1.29 is 4.39 Å². The van der Waals surface area contributed by atoms with E-state index >= 15 is 0 Å². The maximum Gasteiger partial charge on any atom is 0.170 e. The molecule has 0 fully saturated rings. The van der Waals surface area contributed by atoms with Gasteiger partial charge in [-0.05, 0) is 13.3 Å². The molecule has 1 aromatic heterocycles. The van der Waals surface area contributed by atoms with Gasteiger partial charge in [-0.15, -0.1) is 0 Å². The van der Waals surface area contributed by atoms with Crippen LogP contribution in [-0.4, -0.2) is 11.5 Å². The molecule has 0 radical (unpaired) electrons. The highest BCUT2D eigenvalue weighted by Gasteiger charge is 2.10. The van der Waals surface area contributed by atoms with Crippen LogP contribution >= 0.6 is 11.6 Å². The maximum atomic E-state index is 13.5. The number of hydrogen-bond acceptors (Lipinski definition) is 2. The zero-order chi connectivity index (χ0) is 9.84. The van der Waals surface area contributed by atoms with Crippen LogP contribution < -0.4 is 5.32 Å². The summed E-state index contributed by atoms with van der Waals surface area (Å²) >= 11 is 5.77. The largest absolute Gasteiger partial charge is 0.368 e. The third-order valence-corrected chi connectivity index (χ3v) is 2.09. The molecule has 1 rings (SSSR count). The fourth-order valence-electron chi connectivity index (χ4n) is 1.12. The van der Waals surface area contributed by atoms with E-state index < -0.39 is 0 Å². The number of pyridine rings is 1. The normalized spacial score (nSPS) is 10.2. The summed E-state index contributed by atoms with van der Waals surface area (Å²) in [6.07, 6.45) is 2.05. The summed E-state index contributed by atoms with van der Waals surface area (Å²) in [5, 5.41) is 3.22. The van der Waals surface area contributed by atoms with Crippen LogP contribution in [0.2, 0.25) is 5.02 Å². The fourth-order valence-corrected chi connectivity index (χ4v) is 1.38. The first kappa shape index (κ1) is 10.3. The minimum Gasteiger partial charge on any atom is -0.368 e. The molecule has 0 aliphatic rings. The first-order valence-corrected chi connectivity index (χ1v) is 4.65. The lowest BCUT2D eigenvalue weighted by Crippen LogP contribution is -2.04. The van der Waals surface area contributed by atoms with Gasteiger partial charge < -0.3 is 5.32 Å². The van der Waals surface area contributed by atoms with Gasteiger partial charge in [0.2, 0.25) is 0 Å². The summed E-state index contributed by atoms with van der Waals surface area (Å²) in [6, 6.07) is 0. The van der Waals surface area contributed by atoms with E-state index in [9.17, 15) is 4.39 Å². The zero-order valence-corrected chi connectivity index (χ0v) is 8.45. The highest BCUT2D eigenvalue weighted by atomic mass is 35.5. The van der Waals surface area contributed by atoms with E-state index in [0.29, 0.717) is 23.6 Å². The molecule has 0 saturated heterocycles. The van der Waals surface area contributed by atoms with Gasteiger partial charge in [0.1, 0.15) is 0 Å². The SMILES string of the molecule is CCNc1ncc(Cl)c(CC)c1F. The average Bonchev–Trinajstić information content (AvgIpc) is 2.11. The molecule has 0 amide bonds. The smallest absolute Gasteiger partial charge is 0.170 e. The Bertz CT molecular complexity index is 302. The van der Waals surface area contributed by atoms with Crippen molar-refractivity contribution in [3.63, 3.8) is 0 Å². The molecular weight excluding hydrogens is 191 g/mol. The first-order chi connectivity index (χ1) is 6.20. The van der Waals surface area contributed by atoms with Crippen molar-refractivity contribution in [3.05, 3.63) is 22.6 Å². The van der Waals surface area contributed by atoms with Gasteiger partial charge in [-0.3, -0.25) is 0 Å². The number of nitrogens with one attached hydrogen (secondary N) is 1. The number of halogens is 2. The summed E-state index contributed by atoms with van der Waals surface area (Å²) in [7, 11) is 0. The molecule has 72 valence electrons. The topological polar surface area (TPSA) is 24.9 Å². The number of nitrogens with zero attached hydrogens (tertiary/aromatic N) is 1. The maximum absolute atomic E-state index is 13.5. The molecule has 4 heteroatoms.